The van der Waals surface area contributed by atoms with Crippen LogP contribution in [0.5, 0.6) is 0 Å². The number of aromatic nitrogens is 1. The van der Waals surface area contributed by atoms with Crippen LogP contribution in [0.25, 0.3) is 5.70 Å². The lowest BCUT2D eigenvalue weighted by Gasteiger charge is -2.33. The van der Waals surface area contributed by atoms with Crippen LogP contribution in [0.3, 0.4) is 0 Å². The molecule has 86 valence electrons. The third-order valence-electron chi connectivity index (χ3n) is 2.94. The lowest BCUT2D eigenvalue weighted by atomic mass is 10.2. The SMILES string of the molecule is C=C(N)c1ccnc(N2CCN(C)CC2)c1. The van der Waals surface area contributed by atoms with Gasteiger partial charge < -0.3 is 15.5 Å². The van der Waals surface area contributed by atoms with Crippen molar-refractivity contribution >= 4 is 11.5 Å². The Morgan fingerprint density at radius 3 is 2.69 bits per heavy atom. The predicted octanol–water partition coefficient (Wildman–Crippen LogP) is 0.763. The maximum atomic E-state index is 5.69. The second-order valence-corrected chi connectivity index (χ2v) is 4.22. The summed E-state index contributed by atoms with van der Waals surface area (Å²) in [5.74, 6) is 0.997. The van der Waals surface area contributed by atoms with Gasteiger partial charge in [-0.05, 0) is 19.2 Å². The standard InChI is InChI=1S/C12H18N4/c1-10(13)11-3-4-14-12(9-11)16-7-5-15(2)6-8-16/h3-4,9H,1,5-8,13H2,2H3. The Morgan fingerprint density at radius 2 is 2.06 bits per heavy atom. The van der Waals surface area contributed by atoms with Gasteiger partial charge in [-0.1, -0.05) is 6.58 Å². The summed E-state index contributed by atoms with van der Waals surface area (Å²) in [6, 6.07) is 3.90. The summed E-state index contributed by atoms with van der Waals surface area (Å²) in [7, 11) is 2.14. The Labute approximate surface area is 96.4 Å². The minimum absolute atomic E-state index is 0.595. The van der Waals surface area contributed by atoms with Crippen molar-refractivity contribution in [3.05, 3.63) is 30.5 Å². The molecule has 1 aromatic heterocycles. The van der Waals surface area contributed by atoms with Gasteiger partial charge in [-0.25, -0.2) is 4.98 Å². The first kappa shape index (κ1) is 11.0. The van der Waals surface area contributed by atoms with Gasteiger partial charge in [0.15, 0.2) is 0 Å². The number of nitrogens with zero attached hydrogens (tertiary/aromatic N) is 3. The first-order chi connectivity index (χ1) is 7.66. The van der Waals surface area contributed by atoms with Crippen molar-refractivity contribution in [3.8, 4) is 0 Å². The van der Waals surface area contributed by atoms with E-state index in [2.05, 4.69) is 28.4 Å². The largest absolute Gasteiger partial charge is 0.399 e. The minimum Gasteiger partial charge on any atom is -0.399 e. The monoisotopic (exact) mass is 218 g/mol. The van der Waals surface area contributed by atoms with Crippen molar-refractivity contribution in [2.24, 2.45) is 5.73 Å². The van der Waals surface area contributed by atoms with Crippen LogP contribution < -0.4 is 10.6 Å². The zero-order valence-corrected chi connectivity index (χ0v) is 9.69. The van der Waals surface area contributed by atoms with Crippen LogP contribution >= 0.6 is 0 Å². The minimum atomic E-state index is 0.595. The fraction of sp³-hybridized carbons (Fsp3) is 0.417. The van der Waals surface area contributed by atoms with Crippen molar-refractivity contribution in [2.75, 3.05) is 38.1 Å². The van der Waals surface area contributed by atoms with Crippen LogP contribution in [-0.4, -0.2) is 43.1 Å². The zero-order chi connectivity index (χ0) is 11.5. The van der Waals surface area contributed by atoms with E-state index in [9.17, 15) is 0 Å². The van der Waals surface area contributed by atoms with Crippen molar-refractivity contribution in [2.45, 2.75) is 0 Å². The molecule has 0 atom stereocenters. The molecule has 1 aliphatic heterocycles. The predicted molar refractivity (Wildman–Crippen MR) is 67.2 cm³/mol. The third-order valence-corrected chi connectivity index (χ3v) is 2.94. The molecule has 0 amide bonds. The van der Waals surface area contributed by atoms with E-state index >= 15 is 0 Å². The molecule has 0 saturated carbocycles. The van der Waals surface area contributed by atoms with Crippen molar-refractivity contribution in [1.82, 2.24) is 9.88 Å². The lowest BCUT2D eigenvalue weighted by molar-refractivity contribution is 0.312. The fourth-order valence-electron chi connectivity index (χ4n) is 1.83. The lowest BCUT2D eigenvalue weighted by Crippen LogP contribution is -2.44. The number of nitrogens with two attached hydrogens (primary N) is 1. The quantitative estimate of drug-likeness (QED) is 0.796. The van der Waals surface area contributed by atoms with Crippen LogP contribution in [0.1, 0.15) is 5.56 Å². The average Bonchev–Trinajstić information content (AvgIpc) is 2.30. The molecule has 2 N–H and O–H groups in total. The van der Waals surface area contributed by atoms with E-state index in [0.717, 1.165) is 37.6 Å². The van der Waals surface area contributed by atoms with Crippen molar-refractivity contribution < 1.29 is 0 Å². The second-order valence-electron chi connectivity index (χ2n) is 4.22. The van der Waals surface area contributed by atoms with Gasteiger partial charge in [0.05, 0.1) is 0 Å². The first-order valence-corrected chi connectivity index (χ1v) is 5.51. The van der Waals surface area contributed by atoms with Gasteiger partial charge >= 0.3 is 0 Å². The summed E-state index contributed by atoms with van der Waals surface area (Å²) in [5.41, 5.74) is 7.24. The highest BCUT2D eigenvalue weighted by molar-refractivity contribution is 5.63. The van der Waals surface area contributed by atoms with Crippen molar-refractivity contribution in [1.29, 1.82) is 0 Å². The Balaban J connectivity index is 2.14. The third kappa shape index (κ3) is 2.33. The van der Waals surface area contributed by atoms with E-state index in [1.54, 1.807) is 6.20 Å². The topological polar surface area (TPSA) is 45.4 Å². The number of hydrogen-bond donors (Lipinski definition) is 1. The Hall–Kier alpha value is -1.55. The van der Waals surface area contributed by atoms with E-state index < -0.39 is 0 Å². The van der Waals surface area contributed by atoms with Crippen LogP contribution in [0, 0.1) is 0 Å². The van der Waals surface area contributed by atoms with Gasteiger partial charge in [-0.2, -0.15) is 0 Å². The van der Waals surface area contributed by atoms with Crippen LogP contribution in [0.2, 0.25) is 0 Å². The van der Waals surface area contributed by atoms with E-state index in [1.165, 1.54) is 0 Å². The van der Waals surface area contributed by atoms with Crippen molar-refractivity contribution in [3.63, 3.8) is 0 Å². The zero-order valence-electron chi connectivity index (χ0n) is 9.69. The van der Waals surface area contributed by atoms with E-state index in [-0.39, 0.29) is 0 Å². The smallest absolute Gasteiger partial charge is 0.129 e. The van der Waals surface area contributed by atoms with Gasteiger partial charge in [-0.3, -0.25) is 0 Å². The van der Waals surface area contributed by atoms with Gasteiger partial charge in [0, 0.05) is 43.6 Å². The molecular weight excluding hydrogens is 200 g/mol. The molecule has 1 aliphatic rings. The molecule has 2 rings (SSSR count). The molecule has 16 heavy (non-hydrogen) atoms. The number of pyridine rings is 1. The molecule has 0 aromatic carbocycles. The summed E-state index contributed by atoms with van der Waals surface area (Å²) < 4.78 is 0. The Morgan fingerprint density at radius 1 is 1.38 bits per heavy atom. The molecule has 1 saturated heterocycles. The summed E-state index contributed by atoms with van der Waals surface area (Å²) in [6.45, 7) is 7.94. The van der Waals surface area contributed by atoms with Crippen LogP contribution in [0.15, 0.2) is 24.9 Å². The number of rotatable bonds is 2. The second kappa shape index (κ2) is 4.53. The average molecular weight is 218 g/mol. The summed E-state index contributed by atoms with van der Waals surface area (Å²) in [4.78, 5) is 8.99. The maximum absolute atomic E-state index is 5.69. The van der Waals surface area contributed by atoms with Gasteiger partial charge in [0.2, 0.25) is 0 Å². The molecule has 0 unspecified atom stereocenters. The molecule has 4 nitrogen and oxygen atoms in total. The van der Waals surface area contributed by atoms with E-state index in [0.29, 0.717) is 5.70 Å². The van der Waals surface area contributed by atoms with Gasteiger partial charge in [0.1, 0.15) is 5.82 Å². The number of piperazine rings is 1. The highest BCUT2D eigenvalue weighted by Crippen LogP contribution is 2.16. The molecular formula is C12H18N4. The van der Waals surface area contributed by atoms with Crippen LogP contribution in [-0.2, 0) is 0 Å². The van der Waals surface area contributed by atoms with E-state index in [1.807, 2.05) is 12.1 Å². The highest BCUT2D eigenvalue weighted by Gasteiger charge is 2.15. The normalized spacial score (nSPS) is 17.4. The number of anilines is 1. The van der Waals surface area contributed by atoms with E-state index in [4.69, 9.17) is 5.73 Å². The van der Waals surface area contributed by atoms with Gasteiger partial charge in [-0.15, -0.1) is 0 Å². The molecule has 0 aliphatic carbocycles. The fourth-order valence-corrected chi connectivity index (χ4v) is 1.83. The summed E-state index contributed by atoms with van der Waals surface area (Å²) >= 11 is 0. The Kier molecular flexibility index (Phi) is 3.10. The summed E-state index contributed by atoms with van der Waals surface area (Å²) in [6.07, 6.45) is 1.79. The number of hydrogen-bond acceptors (Lipinski definition) is 4. The molecule has 0 radical (unpaired) electrons. The summed E-state index contributed by atoms with van der Waals surface area (Å²) in [5, 5.41) is 0. The number of likely N-dealkylation sites (N-methyl/N-ethyl adjacent to an activating group) is 1. The highest BCUT2D eigenvalue weighted by atomic mass is 15.3. The molecule has 4 heteroatoms. The molecule has 2 heterocycles. The Bertz CT molecular complexity index is 380. The molecule has 0 spiro atoms. The molecule has 1 fully saturated rings. The maximum Gasteiger partial charge on any atom is 0.129 e. The first-order valence-electron chi connectivity index (χ1n) is 5.51. The molecule has 1 aromatic rings. The van der Waals surface area contributed by atoms with Crippen LogP contribution in [0.4, 0.5) is 5.82 Å². The van der Waals surface area contributed by atoms with Gasteiger partial charge in [0.25, 0.3) is 0 Å². The molecule has 0 bridgehead atoms.